The van der Waals surface area contributed by atoms with E-state index in [1.807, 2.05) is 30.3 Å². The summed E-state index contributed by atoms with van der Waals surface area (Å²) in [5.41, 5.74) is 0.947. The van der Waals surface area contributed by atoms with Crippen molar-refractivity contribution in [1.82, 2.24) is 5.06 Å². The fourth-order valence-electron chi connectivity index (χ4n) is 2.39. The molecule has 1 N–H and O–H groups in total. The van der Waals surface area contributed by atoms with Crippen LogP contribution in [-0.4, -0.2) is 33.9 Å². The van der Waals surface area contributed by atoms with E-state index < -0.39 is 5.97 Å². The molecule has 0 aliphatic rings. The summed E-state index contributed by atoms with van der Waals surface area (Å²) in [4.78, 5) is 28.7. The number of alkyl halides is 1. The first-order valence-corrected chi connectivity index (χ1v) is 10.0. The van der Waals surface area contributed by atoms with Crippen molar-refractivity contribution in [3.05, 3.63) is 35.9 Å². The van der Waals surface area contributed by atoms with Crippen LogP contribution in [0.15, 0.2) is 30.3 Å². The molecule has 0 unspecified atom stereocenters. The Labute approximate surface area is 158 Å². The SMILES string of the molecule is O=C(O)CCN(OCc1ccccc1)C(=O)CCCCCCCCBr. The number of carbonyl (C=O) groups excluding carboxylic acids is 1. The van der Waals surface area contributed by atoms with Gasteiger partial charge in [0, 0.05) is 11.8 Å². The maximum Gasteiger partial charge on any atom is 0.305 e. The molecular weight excluding hydrogens is 386 g/mol. The molecule has 25 heavy (non-hydrogen) atoms. The molecule has 0 bridgehead atoms. The molecule has 1 amide bonds. The highest BCUT2D eigenvalue weighted by molar-refractivity contribution is 9.09. The van der Waals surface area contributed by atoms with Gasteiger partial charge in [0.15, 0.2) is 0 Å². The second-order valence-corrected chi connectivity index (χ2v) is 6.75. The van der Waals surface area contributed by atoms with E-state index in [0.717, 1.165) is 30.2 Å². The number of rotatable bonds is 14. The number of unbranched alkanes of at least 4 members (excludes halogenated alkanes) is 5. The molecule has 0 aliphatic heterocycles. The van der Waals surface area contributed by atoms with E-state index in [-0.39, 0.29) is 25.5 Å². The predicted octanol–water partition coefficient (Wildman–Crippen LogP) is 4.55. The monoisotopic (exact) mass is 413 g/mol. The summed E-state index contributed by atoms with van der Waals surface area (Å²) >= 11 is 3.42. The topological polar surface area (TPSA) is 66.8 Å². The predicted molar refractivity (Wildman–Crippen MR) is 101 cm³/mol. The highest BCUT2D eigenvalue weighted by Crippen LogP contribution is 2.11. The maximum atomic E-state index is 12.3. The van der Waals surface area contributed by atoms with Crippen molar-refractivity contribution in [1.29, 1.82) is 0 Å². The molecule has 140 valence electrons. The van der Waals surface area contributed by atoms with Gasteiger partial charge in [-0.3, -0.25) is 14.4 Å². The second-order valence-electron chi connectivity index (χ2n) is 5.96. The highest BCUT2D eigenvalue weighted by Gasteiger charge is 2.15. The van der Waals surface area contributed by atoms with Gasteiger partial charge in [0.25, 0.3) is 0 Å². The Morgan fingerprint density at radius 2 is 1.60 bits per heavy atom. The molecule has 5 nitrogen and oxygen atoms in total. The van der Waals surface area contributed by atoms with Gasteiger partial charge in [0.05, 0.1) is 13.0 Å². The van der Waals surface area contributed by atoms with E-state index in [1.165, 1.54) is 24.3 Å². The van der Waals surface area contributed by atoms with Crippen LogP contribution in [0.1, 0.15) is 56.9 Å². The number of benzene rings is 1. The lowest BCUT2D eigenvalue weighted by Gasteiger charge is -2.21. The first-order valence-electron chi connectivity index (χ1n) is 8.88. The molecule has 1 aromatic rings. The van der Waals surface area contributed by atoms with Gasteiger partial charge in [-0.2, -0.15) is 0 Å². The molecule has 0 heterocycles. The molecule has 1 aromatic carbocycles. The van der Waals surface area contributed by atoms with Crippen LogP contribution in [0.2, 0.25) is 0 Å². The molecule has 0 atom stereocenters. The molecule has 0 fully saturated rings. The summed E-state index contributed by atoms with van der Waals surface area (Å²) in [6, 6.07) is 9.53. The number of hydrogen-bond donors (Lipinski definition) is 1. The van der Waals surface area contributed by atoms with Crippen LogP contribution in [0.3, 0.4) is 0 Å². The number of nitrogens with zero attached hydrogens (tertiary/aromatic N) is 1. The van der Waals surface area contributed by atoms with Crippen LogP contribution in [0.5, 0.6) is 0 Å². The Balaban J connectivity index is 2.34. The number of carboxylic acids is 1. The Morgan fingerprint density at radius 1 is 0.960 bits per heavy atom. The normalized spacial score (nSPS) is 10.6. The summed E-state index contributed by atoms with van der Waals surface area (Å²) in [7, 11) is 0. The van der Waals surface area contributed by atoms with E-state index in [4.69, 9.17) is 9.94 Å². The number of amides is 1. The van der Waals surface area contributed by atoms with Crippen molar-refractivity contribution < 1.29 is 19.5 Å². The molecule has 6 heteroatoms. The third kappa shape index (κ3) is 10.9. The van der Waals surface area contributed by atoms with Gasteiger partial charge in [-0.15, -0.1) is 0 Å². The molecule has 0 saturated carbocycles. The van der Waals surface area contributed by atoms with Gasteiger partial charge in [0.2, 0.25) is 5.91 Å². The van der Waals surface area contributed by atoms with Crippen molar-refractivity contribution >= 4 is 27.8 Å². The minimum Gasteiger partial charge on any atom is -0.481 e. The molecule has 0 spiro atoms. The van der Waals surface area contributed by atoms with E-state index in [1.54, 1.807) is 0 Å². The third-order valence-corrected chi connectivity index (χ3v) is 4.37. The van der Waals surface area contributed by atoms with E-state index in [0.29, 0.717) is 6.42 Å². The summed E-state index contributed by atoms with van der Waals surface area (Å²) in [5, 5.41) is 11.1. The summed E-state index contributed by atoms with van der Waals surface area (Å²) in [6.45, 7) is 0.338. The largest absolute Gasteiger partial charge is 0.481 e. The average molecular weight is 414 g/mol. The number of hydrogen-bond acceptors (Lipinski definition) is 3. The standard InChI is InChI=1S/C19H28BrNO4/c20-14-9-4-2-1-3-8-12-18(22)21(15-13-19(23)24)25-16-17-10-6-5-7-11-17/h5-7,10-11H,1-4,8-9,12-16H2,(H,23,24). The highest BCUT2D eigenvalue weighted by atomic mass is 79.9. The van der Waals surface area contributed by atoms with Gasteiger partial charge in [0.1, 0.15) is 6.61 Å². The fourth-order valence-corrected chi connectivity index (χ4v) is 2.78. The van der Waals surface area contributed by atoms with Crippen LogP contribution in [-0.2, 0) is 21.0 Å². The fraction of sp³-hybridized carbons (Fsp3) is 0.579. The van der Waals surface area contributed by atoms with Crippen molar-refractivity contribution in [3.63, 3.8) is 0 Å². The molecule has 0 aromatic heterocycles. The zero-order valence-electron chi connectivity index (χ0n) is 14.7. The van der Waals surface area contributed by atoms with Crippen LogP contribution in [0.4, 0.5) is 0 Å². The van der Waals surface area contributed by atoms with Gasteiger partial charge in [-0.25, -0.2) is 5.06 Å². The quantitative estimate of drug-likeness (QED) is 0.276. The van der Waals surface area contributed by atoms with E-state index in [9.17, 15) is 9.59 Å². The molecular formula is C19H28BrNO4. The lowest BCUT2D eigenvalue weighted by Crippen LogP contribution is -2.33. The van der Waals surface area contributed by atoms with Crippen molar-refractivity contribution in [3.8, 4) is 0 Å². The Hall–Kier alpha value is -1.40. The van der Waals surface area contributed by atoms with Crippen molar-refractivity contribution in [2.75, 3.05) is 11.9 Å². The molecule has 1 rings (SSSR count). The number of carbonyl (C=O) groups is 2. The van der Waals surface area contributed by atoms with Gasteiger partial charge < -0.3 is 5.11 Å². The smallest absolute Gasteiger partial charge is 0.305 e. The van der Waals surface area contributed by atoms with Crippen molar-refractivity contribution in [2.24, 2.45) is 0 Å². The first-order chi connectivity index (χ1) is 12.1. The summed E-state index contributed by atoms with van der Waals surface area (Å²) < 4.78 is 0. The maximum absolute atomic E-state index is 12.3. The number of carboxylic acid groups (broad SMARTS) is 1. The van der Waals surface area contributed by atoms with Gasteiger partial charge in [-0.05, 0) is 18.4 Å². The van der Waals surface area contributed by atoms with Crippen molar-refractivity contribution in [2.45, 2.75) is 58.0 Å². The van der Waals surface area contributed by atoms with Gasteiger partial charge in [-0.1, -0.05) is 71.9 Å². The molecule has 0 radical (unpaired) electrons. The lowest BCUT2D eigenvalue weighted by molar-refractivity contribution is -0.193. The van der Waals surface area contributed by atoms with Crippen LogP contribution in [0, 0.1) is 0 Å². The van der Waals surface area contributed by atoms with Gasteiger partial charge >= 0.3 is 5.97 Å². The number of hydroxylamine groups is 2. The second kappa shape index (κ2) is 13.8. The summed E-state index contributed by atoms with van der Waals surface area (Å²) in [5.74, 6) is -1.08. The number of aliphatic carboxylic acids is 1. The zero-order chi connectivity index (χ0) is 18.3. The Morgan fingerprint density at radius 3 is 2.24 bits per heavy atom. The zero-order valence-corrected chi connectivity index (χ0v) is 16.2. The van der Waals surface area contributed by atoms with Crippen LogP contribution < -0.4 is 0 Å². The molecule has 0 saturated heterocycles. The van der Waals surface area contributed by atoms with Crippen LogP contribution in [0.25, 0.3) is 0 Å². The Bertz CT molecular complexity index is 495. The van der Waals surface area contributed by atoms with E-state index >= 15 is 0 Å². The first kappa shape index (κ1) is 21.6. The average Bonchev–Trinajstić information content (AvgIpc) is 2.61. The number of halogens is 1. The summed E-state index contributed by atoms with van der Waals surface area (Å²) in [6.07, 6.45) is 6.82. The molecule has 0 aliphatic carbocycles. The minimum absolute atomic E-state index is 0.0756. The van der Waals surface area contributed by atoms with Crippen LogP contribution >= 0.6 is 15.9 Å². The minimum atomic E-state index is -0.937. The lowest BCUT2D eigenvalue weighted by atomic mass is 10.1. The Kier molecular flexibility index (Phi) is 12.0. The third-order valence-electron chi connectivity index (χ3n) is 3.81. The van der Waals surface area contributed by atoms with E-state index in [2.05, 4.69) is 15.9 Å².